The number of pyridine rings is 1. The summed E-state index contributed by atoms with van der Waals surface area (Å²) in [4.78, 5) is 32.8. The fourth-order valence-corrected chi connectivity index (χ4v) is 3.39. The molecule has 27 heavy (non-hydrogen) atoms. The third-order valence-corrected chi connectivity index (χ3v) is 5.21. The zero-order valence-corrected chi connectivity index (χ0v) is 16.4. The van der Waals surface area contributed by atoms with Crippen LogP contribution in [0.1, 0.15) is 31.3 Å². The number of hydrogen-bond acceptors (Lipinski definition) is 6. The molecule has 0 aliphatic carbocycles. The smallest absolute Gasteiger partial charge is 0.339 e. The second-order valence-electron chi connectivity index (χ2n) is 5.43. The lowest BCUT2D eigenvalue weighted by Crippen LogP contribution is -2.14. The van der Waals surface area contributed by atoms with Crippen molar-refractivity contribution in [1.29, 1.82) is 0 Å². The van der Waals surface area contributed by atoms with Crippen LogP contribution in [0.2, 0.25) is 10.0 Å². The molecule has 138 valence electrons. The molecular formula is C18H13Cl2N3O3S. The predicted molar refractivity (Wildman–Crippen MR) is 105 cm³/mol. The first kappa shape index (κ1) is 19.3. The van der Waals surface area contributed by atoms with Gasteiger partial charge in [0.25, 0.3) is 5.91 Å². The molecule has 0 atom stereocenters. The van der Waals surface area contributed by atoms with Crippen LogP contribution in [-0.2, 0) is 11.2 Å². The van der Waals surface area contributed by atoms with E-state index in [0.717, 1.165) is 10.4 Å². The van der Waals surface area contributed by atoms with Gasteiger partial charge in [-0.25, -0.2) is 9.78 Å². The molecule has 0 radical (unpaired) electrons. The Morgan fingerprint density at radius 3 is 2.59 bits per heavy atom. The lowest BCUT2D eigenvalue weighted by molar-refractivity contribution is 0.0600. The number of rotatable bonds is 5. The number of thiazole rings is 1. The van der Waals surface area contributed by atoms with E-state index in [1.807, 2.05) is 6.07 Å². The minimum absolute atomic E-state index is 0.170. The Hall–Kier alpha value is -2.48. The number of carbonyl (C=O) groups is 2. The van der Waals surface area contributed by atoms with E-state index in [9.17, 15) is 9.59 Å². The molecule has 0 unspecified atom stereocenters. The average molecular weight is 422 g/mol. The van der Waals surface area contributed by atoms with Crippen LogP contribution >= 0.6 is 34.5 Å². The van der Waals surface area contributed by atoms with Crippen LogP contribution in [-0.4, -0.2) is 29.0 Å². The summed E-state index contributed by atoms with van der Waals surface area (Å²) >= 11 is 13.3. The molecule has 3 aromatic rings. The van der Waals surface area contributed by atoms with Crippen molar-refractivity contribution in [2.45, 2.75) is 6.42 Å². The van der Waals surface area contributed by atoms with E-state index in [-0.39, 0.29) is 11.3 Å². The predicted octanol–water partition coefficient (Wildman–Crippen LogP) is 4.47. The molecule has 0 saturated heterocycles. The minimum Gasteiger partial charge on any atom is -0.465 e. The molecule has 0 fully saturated rings. The highest BCUT2D eigenvalue weighted by atomic mass is 35.5. The summed E-state index contributed by atoms with van der Waals surface area (Å²) in [6.45, 7) is 0. The first-order chi connectivity index (χ1) is 13.0. The van der Waals surface area contributed by atoms with Gasteiger partial charge in [0.15, 0.2) is 5.13 Å². The summed E-state index contributed by atoms with van der Waals surface area (Å²) in [7, 11) is 1.28. The van der Waals surface area contributed by atoms with Gasteiger partial charge < -0.3 is 4.74 Å². The summed E-state index contributed by atoms with van der Waals surface area (Å²) in [5.74, 6) is -0.928. The van der Waals surface area contributed by atoms with Gasteiger partial charge in [-0.1, -0.05) is 29.3 Å². The van der Waals surface area contributed by atoms with E-state index in [0.29, 0.717) is 21.6 Å². The van der Waals surface area contributed by atoms with Crippen molar-refractivity contribution in [3.8, 4) is 0 Å². The second kappa shape index (κ2) is 8.47. The van der Waals surface area contributed by atoms with Gasteiger partial charge in [-0.2, -0.15) is 0 Å². The number of carbonyl (C=O) groups excluding carboxylic acids is 2. The van der Waals surface area contributed by atoms with E-state index >= 15 is 0 Å². The van der Waals surface area contributed by atoms with Crippen molar-refractivity contribution in [1.82, 2.24) is 9.97 Å². The quantitative estimate of drug-likeness (QED) is 0.614. The number of nitrogens with one attached hydrogen (secondary N) is 1. The van der Waals surface area contributed by atoms with E-state index in [1.165, 1.54) is 36.8 Å². The molecule has 2 aromatic heterocycles. The van der Waals surface area contributed by atoms with Gasteiger partial charge in [-0.3, -0.25) is 15.1 Å². The zero-order chi connectivity index (χ0) is 19.4. The number of esters is 1. The molecule has 2 heterocycles. The largest absolute Gasteiger partial charge is 0.465 e. The maximum Gasteiger partial charge on any atom is 0.339 e. The highest BCUT2D eigenvalue weighted by Crippen LogP contribution is 2.26. The third kappa shape index (κ3) is 4.82. The van der Waals surface area contributed by atoms with Gasteiger partial charge in [0.1, 0.15) is 5.69 Å². The van der Waals surface area contributed by atoms with Crippen molar-refractivity contribution < 1.29 is 14.3 Å². The summed E-state index contributed by atoms with van der Waals surface area (Å²) in [6, 6.07) is 8.36. The minimum atomic E-state index is -0.513. The Labute approximate surface area is 169 Å². The molecule has 0 aliphatic rings. The highest BCUT2D eigenvalue weighted by molar-refractivity contribution is 7.15. The van der Waals surface area contributed by atoms with Gasteiger partial charge in [-0.05, 0) is 29.8 Å². The number of benzene rings is 1. The number of nitrogens with zero attached hydrogens (tertiary/aromatic N) is 2. The van der Waals surface area contributed by atoms with Gasteiger partial charge in [-0.15, -0.1) is 11.3 Å². The average Bonchev–Trinajstić information content (AvgIpc) is 3.11. The molecule has 6 nitrogen and oxygen atoms in total. The molecule has 1 amide bonds. The molecule has 1 N–H and O–H groups in total. The molecule has 9 heteroatoms. The first-order valence-electron chi connectivity index (χ1n) is 7.70. The lowest BCUT2D eigenvalue weighted by Gasteiger charge is -2.02. The normalized spacial score (nSPS) is 10.5. The Balaban J connectivity index is 1.65. The second-order valence-corrected chi connectivity index (χ2v) is 7.36. The first-order valence-corrected chi connectivity index (χ1v) is 9.28. The van der Waals surface area contributed by atoms with E-state index in [4.69, 9.17) is 23.2 Å². The van der Waals surface area contributed by atoms with Gasteiger partial charge in [0.2, 0.25) is 0 Å². The summed E-state index contributed by atoms with van der Waals surface area (Å²) in [6.07, 6.45) is 3.60. The summed E-state index contributed by atoms with van der Waals surface area (Å²) in [5, 5.41) is 4.14. The van der Waals surface area contributed by atoms with Crippen molar-refractivity contribution in [2.75, 3.05) is 12.4 Å². The van der Waals surface area contributed by atoms with Crippen molar-refractivity contribution >= 4 is 51.5 Å². The molecule has 0 saturated carbocycles. The van der Waals surface area contributed by atoms with E-state index in [1.54, 1.807) is 18.3 Å². The van der Waals surface area contributed by atoms with Crippen LogP contribution < -0.4 is 5.32 Å². The molecule has 0 spiro atoms. The van der Waals surface area contributed by atoms with Crippen molar-refractivity contribution in [3.05, 3.63) is 74.5 Å². The van der Waals surface area contributed by atoms with Gasteiger partial charge in [0.05, 0.1) is 22.7 Å². The number of methoxy groups -OCH3 is 1. The Morgan fingerprint density at radius 1 is 1.11 bits per heavy atom. The van der Waals surface area contributed by atoms with Crippen LogP contribution in [0.15, 0.2) is 42.7 Å². The van der Waals surface area contributed by atoms with Crippen molar-refractivity contribution in [2.24, 2.45) is 0 Å². The van der Waals surface area contributed by atoms with Gasteiger partial charge >= 0.3 is 5.97 Å². The number of hydrogen-bond donors (Lipinski definition) is 1. The SMILES string of the molecule is COC(=O)c1ccc(C(=O)Nc2ncc(Cc3ccc(Cl)c(Cl)c3)s2)nc1. The Bertz CT molecular complexity index is 990. The van der Waals surface area contributed by atoms with E-state index < -0.39 is 11.9 Å². The number of ether oxygens (including phenoxy) is 1. The standard InChI is InChI=1S/C18H13Cl2N3O3S/c1-26-17(25)11-3-5-15(21-8-11)16(24)23-18-22-9-12(27-18)6-10-2-4-13(19)14(20)7-10/h2-5,7-9H,6H2,1H3,(H,22,23,24). The molecule has 1 aromatic carbocycles. The number of aromatic nitrogens is 2. The van der Waals surface area contributed by atoms with Crippen molar-refractivity contribution in [3.63, 3.8) is 0 Å². The topological polar surface area (TPSA) is 81.2 Å². The Morgan fingerprint density at radius 2 is 1.93 bits per heavy atom. The van der Waals surface area contributed by atoms with Crippen LogP contribution in [0.3, 0.4) is 0 Å². The van der Waals surface area contributed by atoms with Crippen LogP contribution in [0.5, 0.6) is 0 Å². The summed E-state index contributed by atoms with van der Waals surface area (Å²) < 4.78 is 4.59. The lowest BCUT2D eigenvalue weighted by atomic mass is 10.1. The fourth-order valence-electron chi connectivity index (χ4n) is 2.23. The fraction of sp³-hybridized carbons (Fsp3) is 0.111. The molecular weight excluding hydrogens is 409 g/mol. The molecule has 0 aliphatic heterocycles. The highest BCUT2D eigenvalue weighted by Gasteiger charge is 2.13. The van der Waals surface area contributed by atoms with Crippen LogP contribution in [0.4, 0.5) is 5.13 Å². The Kier molecular flexibility index (Phi) is 6.05. The zero-order valence-electron chi connectivity index (χ0n) is 14.0. The van der Waals surface area contributed by atoms with Crippen LogP contribution in [0.25, 0.3) is 0 Å². The number of anilines is 1. The number of halogens is 2. The molecule has 3 rings (SSSR count). The number of amides is 1. The van der Waals surface area contributed by atoms with Crippen LogP contribution in [0, 0.1) is 0 Å². The maximum atomic E-state index is 12.3. The monoisotopic (exact) mass is 421 g/mol. The molecule has 0 bridgehead atoms. The van der Waals surface area contributed by atoms with Gasteiger partial charge in [0, 0.05) is 23.7 Å². The van der Waals surface area contributed by atoms with E-state index in [2.05, 4.69) is 20.0 Å². The third-order valence-electron chi connectivity index (χ3n) is 3.55. The summed E-state index contributed by atoms with van der Waals surface area (Å²) in [5.41, 5.74) is 1.43. The maximum absolute atomic E-state index is 12.3.